The number of hydrogen-bond donors (Lipinski definition) is 0. The van der Waals surface area contributed by atoms with Crippen LogP contribution < -0.4 is 4.90 Å². The summed E-state index contributed by atoms with van der Waals surface area (Å²) in [6, 6.07) is 4.30. The Kier molecular flexibility index (Phi) is 5.09. The molecule has 0 unspecified atom stereocenters. The highest BCUT2D eigenvalue weighted by Gasteiger charge is 2.25. The molecule has 0 bridgehead atoms. The summed E-state index contributed by atoms with van der Waals surface area (Å²) >= 11 is 6.03. The van der Waals surface area contributed by atoms with Crippen molar-refractivity contribution in [2.45, 2.75) is 51.8 Å². The van der Waals surface area contributed by atoms with Crippen LogP contribution in [0.5, 0.6) is 0 Å². The van der Waals surface area contributed by atoms with Crippen molar-refractivity contribution in [2.75, 3.05) is 18.0 Å². The van der Waals surface area contributed by atoms with Gasteiger partial charge in [0.1, 0.15) is 5.82 Å². The SMILES string of the molecule is CCCN(CC1CC1)c1cc(CCl)cc(C(C)C)n1. The first-order valence-corrected chi connectivity index (χ1v) is 7.99. The number of pyridine rings is 1. The van der Waals surface area contributed by atoms with Crippen molar-refractivity contribution >= 4 is 17.4 Å². The van der Waals surface area contributed by atoms with Crippen molar-refractivity contribution < 1.29 is 0 Å². The number of alkyl halides is 1. The Balaban J connectivity index is 2.25. The maximum absolute atomic E-state index is 6.03. The number of halogens is 1. The molecule has 1 fully saturated rings. The molecule has 0 amide bonds. The van der Waals surface area contributed by atoms with E-state index in [0.29, 0.717) is 11.8 Å². The molecule has 106 valence electrons. The van der Waals surface area contributed by atoms with Gasteiger partial charge in [-0.15, -0.1) is 11.6 Å². The van der Waals surface area contributed by atoms with Crippen LogP contribution in [0.4, 0.5) is 5.82 Å². The number of hydrogen-bond acceptors (Lipinski definition) is 2. The lowest BCUT2D eigenvalue weighted by Crippen LogP contribution is -2.27. The minimum Gasteiger partial charge on any atom is -0.356 e. The van der Waals surface area contributed by atoms with E-state index in [1.165, 1.54) is 18.4 Å². The van der Waals surface area contributed by atoms with Gasteiger partial charge in [-0.05, 0) is 48.8 Å². The fourth-order valence-electron chi connectivity index (χ4n) is 2.31. The van der Waals surface area contributed by atoms with Crippen LogP contribution in [0.1, 0.15) is 57.2 Å². The normalized spacial score (nSPS) is 15.0. The lowest BCUT2D eigenvalue weighted by atomic mass is 10.1. The Morgan fingerprint density at radius 2 is 2.11 bits per heavy atom. The van der Waals surface area contributed by atoms with E-state index < -0.39 is 0 Å². The van der Waals surface area contributed by atoms with Crippen molar-refractivity contribution in [3.8, 4) is 0 Å². The van der Waals surface area contributed by atoms with E-state index in [1.54, 1.807) is 0 Å². The van der Waals surface area contributed by atoms with Crippen molar-refractivity contribution in [3.05, 3.63) is 23.4 Å². The van der Waals surface area contributed by atoms with Gasteiger partial charge >= 0.3 is 0 Å². The Hall–Kier alpha value is -0.760. The molecule has 0 aromatic carbocycles. The van der Waals surface area contributed by atoms with Crippen LogP contribution in [0.3, 0.4) is 0 Å². The van der Waals surface area contributed by atoms with Gasteiger partial charge in [0, 0.05) is 24.7 Å². The zero-order valence-corrected chi connectivity index (χ0v) is 13.1. The van der Waals surface area contributed by atoms with Gasteiger partial charge in [-0.25, -0.2) is 4.98 Å². The molecule has 3 heteroatoms. The molecule has 0 atom stereocenters. The van der Waals surface area contributed by atoms with Gasteiger partial charge in [0.25, 0.3) is 0 Å². The monoisotopic (exact) mass is 280 g/mol. The molecule has 1 heterocycles. The summed E-state index contributed by atoms with van der Waals surface area (Å²) in [7, 11) is 0. The van der Waals surface area contributed by atoms with E-state index in [0.717, 1.165) is 36.9 Å². The second-order valence-corrected chi connectivity index (χ2v) is 6.20. The second kappa shape index (κ2) is 6.60. The van der Waals surface area contributed by atoms with Crippen LogP contribution >= 0.6 is 11.6 Å². The zero-order valence-electron chi connectivity index (χ0n) is 12.3. The van der Waals surface area contributed by atoms with E-state index in [9.17, 15) is 0 Å². The topological polar surface area (TPSA) is 16.1 Å². The van der Waals surface area contributed by atoms with Crippen LogP contribution in [0.25, 0.3) is 0 Å². The van der Waals surface area contributed by atoms with Gasteiger partial charge in [0.05, 0.1) is 0 Å². The molecule has 1 saturated carbocycles. The first-order chi connectivity index (χ1) is 9.13. The third-order valence-electron chi connectivity index (χ3n) is 3.63. The van der Waals surface area contributed by atoms with E-state index >= 15 is 0 Å². The number of nitrogens with zero attached hydrogens (tertiary/aromatic N) is 2. The Morgan fingerprint density at radius 1 is 1.37 bits per heavy atom. The first kappa shape index (κ1) is 14.6. The third kappa shape index (κ3) is 4.10. The highest BCUT2D eigenvalue weighted by Crippen LogP contribution is 2.31. The number of anilines is 1. The van der Waals surface area contributed by atoms with Crippen molar-refractivity contribution in [3.63, 3.8) is 0 Å². The highest BCUT2D eigenvalue weighted by atomic mass is 35.5. The molecule has 1 aliphatic carbocycles. The number of rotatable bonds is 7. The second-order valence-electron chi connectivity index (χ2n) is 5.94. The molecule has 1 aliphatic rings. The van der Waals surface area contributed by atoms with Crippen LogP contribution in [-0.4, -0.2) is 18.1 Å². The Bertz CT molecular complexity index is 413. The average Bonchev–Trinajstić information content (AvgIpc) is 3.21. The van der Waals surface area contributed by atoms with Crippen LogP contribution in [0, 0.1) is 5.92 Å². The van der Waals surface area contributed by atoms with E-state index in [4.69, 9.17) is 16.6 Å². The molecule has 0 saturated heterocycles. The van der Waals surface area contributed by atoms with E-state index in [2.05, 4.69) is 37.8 Å². The summed E-state index contributed by atoms with van der Waals surface area (Å²) in [5.74, 6) is 3.02. The lowest BCUT2D eigenvalue weighted by Gasteiger charge is -2.24. The molecule has 0 N–H and O–H groups in total. The number of aromatic nitrogens is 1. The molecule has 19 heavy (non-hydrogen) atoms. The van der Waals surface area contributed by atoms with E-state index in [1.807, 2.05) is 0 Å². The van der Waals surface area contributed by atoms with Gasteiger partial charge < -0.3 is 4.90 Å². The largest absolute Gasteiger partial charge is 0.356 e. The fraction of sp³-hybridized carbons (Fsp3) is 0.688. The van der Waals surface area contributed by atoms with Gasteiger partial charge in [0.2, 0.25) is 0 Å². The molecule has 0 aliphatic heterocycles. The molecular formula is C16H25ClN2. The highest BCUT2D eigenvalue weighted by molar-refractivity contribution is 6.17. The molecule has 1 aromatic rings. The fourth-order valence-corrected chi connectivity index (χ4v) is 2.46. The quantitative estimate of drug-likeness (QED) is 0.680. The van der Waals surface area contributed by atoms with Crippen molar-refractivity contribution in [1.82, 2.24) is 4.98 Å². The summed E-state index contributed by atoms with van der Waals surface area (Å²) in [6.45, 7) is 8.86. The van der Waals surface area contributed by atoms with Gasteiger partial charge in [-0.1, -0.05) is 20.8 Å². The van der Waals surface area contributed by atoms with Crippen LogP contribution in [0.2, 0.25) is 0 Å². The standard InChI is InChI=1S/C16H25ClN2/c1-4-7-19(11-13-5-6-13)16-9-14(10-17)8-15(18-16)12(2)3/h8-9,12-13H,4-7,10-11H2,1-3H3. The molecule has 1 aromatic heterocycles. The van der Waals surface area contributed by atoms with Crippen molar-refractivity contribution in [2.24, 2.45) is 5.92 Å². The zero-order chi connectivity index (χ0) is 13.8. The van der Waals surface area contributed by atoms with Gasteiger partial charge in [-0.2, -0.15) is 0 Å². The maximum atomic E-state index is 6.03. The summed E-state index contributed by atoms with van der Waals surface area (Å²) in [5.41, 5.74) is 2.34. The van der Waals surface area contributed by atoms with E-state index in [-0.39, 0.29) is 0 Å². The van der Waals surface area contributed by atoms with Crippen LogP contribution in [0.15, 0.2) is 12.1 Å². The maximum Gasteiger partial charge on any atom is 0.129 e. The van der Waals surface area contributed by atoms with Crippen LogP contribution in [-0.2, 0) is 5.88 Å². The average molecular weight is 281 g/mol. The summed E-state index contributed by atoms with van der Waals surface area (Å²) in [5, 5.41) is 0. The lowest BCUT2D eigenvalue weighted by molar-refractivity contribution is 0.692. The summed E-state index contributed by atoms with van der Waals surface area (Å²) in [4.78, 5) is 7.29. The molecule has 2 nitrogen and oxygen atoms in total. The molecular weight excluding hydrogens is 256 g/mol. The Labute approximate surface area is 122 Å². The molecule has 0 radical (unpaired) electrons. The smallest absolute Gasteiger partial charge is 0.129 e. The van der Waals surface area contributed by atoms with Gasteiger partial charge in [-0.3, -0.25) is 0 Å². The summed E-state index contributed by atoms with van der Waals surface area (Å²) in [6.07, 6.45) is 3.93. The third-order valence-corrected chi connectivity index (χ3v) is 3.94. The first-order valence-electron chi connectivity index (χ1n) is 7.45. The summed E-state index contributed by atoms with van der Waals surface area (Å²) < 4.78 is 0. The molecule has 0 spiro atoms. The minimum atomic E-state index is 0.450. The van der Waals surface area contributed by atoms with Gasteiger partial charge in [0.15, 0.2) is 0 Å². The molecule has 2 rings (SSSR count). The van der Waals surface area contributed by atoms with Crippen molar-refractivity contribution in [1.29, 1.82) is 0 Å². The predicted octanol–water partition coefficient (Wildman–Crippen LogP) is 4.57. The minimum absolute atomic E-state index is 0.450. The Morgan fingerprint density at radius 3 is 2.63 bits per heavy atom. The predicted molar refractivity (Wildman–Crippen MR) is 83.1 cm³/mol.